The Hall–Kier alpha value is -1.26. The van der Waals surface area contributed by atoms with E-state index in [9.17, 15) is 9.59 Å². The van der Waals surface area contributed by atoms with Crippen LogP contribution in [0.1, 0.15) is 51.9 Å². The molecule has 0 bridgehead atoms. The number of nitrogens with one attached hydrogen (secondary N) is 1. The van der Waals surface area contributed by atoms with E-state index < -0.39 is 5.97 Å². The van der Waals surface area contributed by atoms with Gasteiger partial charge < -0.3 is 15.3 Å². The molecule has 0 aromatic heterocycles. The molecule has 2 rings (SSSR count). The lowest BCUT2D eigenvalue weighted by atomic mass is 9.81. The number of urea groups is 1. The fraction of sp³-hybridized carbons (Fsp3) is 0.867. The van der Waals surface area contributed by atoms with Crippen LogP contribution in [0, 0.1) is 11.8 Å². The molecule has 5 heteroatoms. The summed E-state index contributed by atoms with van der Waals surface area (Å²) in [4.78, 5) is 24.3. The van der Waals surface area contributed by atoms with Crippen LogP contribution < -0.4 is 5.32 Å². The number of hydrogen-bond donors (Lipinski definition) is 2. The Morgan fingerprint density at radius 3 is 2.60 bits per heavy atom. The van der Waals surface area contributed by atoms with E-state index in [0.29, 0.717) is 12.5 Å². The number of rotatable bonds is 6. The van der Waals surface area contributed by atoms with Gasteiger partial charge in [0.15, 0.2) is 0 Å². The van der Waals surface area contributed by atoms with E-state index in [4.69, 9.17) is 5.11 Å². The fourth-order valence-corrected chi connectivity index (χ4v) is 3.21. The van der Waals surface area contributed by atoms with Gasteiger partial charge in [-0.2, -0.15) is 0 Å². The Morgan fingerprint density at radius 2 is 2.00 bits per heavy atom. The number of carbonyl (C=O) groups is 2. The monoisotopic (exact) mass is 282 g/mol. The highest BCUT2D eigenvalue weighted by molar-refractivity contribution is 5.80. The highest BCUT2D eigenvalue weighted by atomic mass is 16.4. The van der Waals surface area contributed by atoms with Gasteiger partial charge in [-0.15, -0.1) is 0 Å². The molecule has 0 aromatic rings. The lowest BCUT2D eigenvalue weighted by Gasteiger charge is -2.27. The Balaban J connectivity index is 1.69. The fourth-order valence-electron chi connectivity index (χ4n) is 3.21. The average Bonchev–Trinajstić information content (AvgIpc) is 3.20. The molecule has 20 heavy (non-hydrogen) atoms. The molecule has 0 radical (unpaired) electrons. The zero-order chi connectivity index (χ0) is 14.5. The van der Waals surface area contributed by atoms with Gasteiger partial charge in [-0.3, -0.25) is 4.79 Å². The van der Waals surface area contributed by atoms with Crippen LogP contribution in [0.2, 0.25) is 0 Å². The molecular formula is C15H26N2O3. The third-order valence-corrected chi connectivity index (χ3v) is 4.43. The van der Waals surface area contributed by atoms with Crippen molar-refractivity contribution in [2.45, 2.75) is 57.9 Å². The smallest absolute Gasteiger partial charge is 0.323 e. The van der Waals surface area contributed by atoms with Crippen LogP contribution in [-0.4, -0.2) is 41.1 Å². The van der Waals surface area contributed by atoms with E-state index in [0.717, 1.165) is 25.2 Å². The quantitative estimate of drug-likeness (QED) is 0.786. The zero-order valence-electron chi connectivity index (χ0n) is 12.3. The summed E-state index contributed by atoms with van der Waals surface area (Å²) in [6, 6.07) is -0.0699. The zero-order valence-corrected chi connectivity index (χ0v) is 12.3. The summed E-state index contributed by atoms with van der Waals surface area (Å²) in [6.07, 6.45) is 8.03. The first-order chi connectivity index (χ1) is 9.56. The largest absolute Gasteiger partial charge is 0.480 e. The second-order valence-corrected chi connectivity index (χ2v) is 6.41. The number of amides is 2. The first-order valence-electron chi connectivity index (χ1n) is 7.82. The van der Waals surface area contributed by atoms with Gasteiger partial charge in [0.1, 0.15) is 6.54 Å². The number of aliphatic carboxylic acids is 1. The predicted molar refractivity (Wildman–Crippen MR) is 76.5 cm³/mol. The molecule has 2 fully saturated rings. The summed E-state index contributed by atoms with van der Waals surface area (Å²) in [5.41, 5.74) is 0. The van der Waals surface area contributed by atoms with E-state index in [1.807, 2.05) is 0 Å². The van der Waals surface area contributed by atoms with E-state index in [1.165, 1.54) is 30.6 Å². The van der Waals surface area contributed by atoms with Crippen molar-refractivity contribution in [3.63, 3.8) is 0 Å². The van der Waals surface area contributed by atoms with Gasteiger partial charge in [-0.1, -0.05) is 26.2 Å². The average molecular weight is 282 g/mol. The maximum atomic E-state index is 12.0. The number of hydrogen-bond acceptors (Lipinski definition) is 2. The second-order valence-electron chi connectivity index (χ2n) is 6.41. The number of carbonyl (C=O) groups excluding carboxylic acids is 1. The standard InChI is InChI=1S/C15H26N2O3/c1-11-3-2-4-12(9-11)7-8-16-15(20)17(10-14(18)19)13-5-6-13/h11-13H,2-10H2,1H3,(H,16,20)(H,18,19). The lowest BCUT2D eigenvalue weighted by molar-refractivity contribution is -0.137. The minimum absolute atomic E-state index is 0.140. The van der Waals surface area contributed by atoms with Crippen LogP contribution in [0.15, 0.2) is 0 Å². The van der Waals surface area contributed by atoms with Crippen molar-refractivity contribution < 1.29 is 14.7 Å². The van der Waals surface area contributed by atoms with E-state index >= 15 is 0 Å². The normalized spacial score (nSPS) is 26.1. The van der Waals surface area contributed by atoms with Crippen molar-refractivity contribution in [1.29, 1.82) is 0 Å². The first kappa shape index (κ1) is 15.1. The summed E-state index contributed by atoms with van der Waals surface area (Å²) in [5, 5.41) is 11.7. The minimum atomic E-state index is -0.937. The highest BCUT2D eigenvalue weighted by Crippen LogP contribution is 2.30. The molecule has 0 heterocycles. The molecule has 2 amide bonds. The molecule has 5 nitrogen and oxygen atoms in total. The van der Waals surface area contributed by atoms with Crippen LogP contribution in [0.4, 0.5) is 4.79 Å². The molecular weight excluding hydrogens is 256 g/mol. The van der Waals surface area contributed by atoms with Gasteiger partial charge in [0.25, 0.3) is 0 Å². The molecule has 114 valence electrons. The summed E-state index contributed by atoms with van der Waals surface area (Å²) in [7, 11) is 0. The topological polar surface area (TPSA) is 69.6 Å². The van der Waals surface area contributed by atoms with Gasteiger partial charge in [0, 0.05) is 12.6 Å². The minimum Gasteiger partial charge on any atom is -0.480 e. The highest BCUT2D eigenvalue weighted by Gasteiger charge is 2.33. The van der Waals surface area contributed by atoms with Gasteiger partial charge in [0.2, 0.25) is 0 Å². The number of nitrogens with zero attached hydrogens (tertiary/aromatic N) is 1. The molecule has 2 atom stereocenters. The molecule has 2 N–H and O–H groups in total. The third-order valence-electron chi connectivity index (χ3n) is 4.43. The molecule has 2 saturated carbocycles. The van der Waals surface area contributed by atoms with E-state index in [1.54, 1.807) is 0 Å². The number of carboxylic acid groups (broad SMARTS) is 1. The number of carboxylic acids is 1. The molecule has 2 unspecified atom stereocenters. The molecule has 0 saturated heterocycles. The lowest BCUT2D eigenvalue weighted by Crippen LogP contribution is -2.44. The van der Waals surface area contributed by atoms with Crippen LogP contribution in [0.5, 0.6) is 0 Å². The Labute approximate surface area is 120 Å². The third kappa shape index (κ3) is 4.69. The SMILES string of the molecule is CC1CCCC(CCNC(=O)N(CC(=O)O)C2CC2)C1. The van der Waals surface area contributed by atoms with Crippen LogP contribution in [0.25, 0.3) is 0 Å². The van der Waals surface area contributed by atoms with Crippen molar-refractivity contribution in [2.24, 2.45) is 11.8 Å². The Kier molecular flexibility index (Phi) is 5.26. The summed E-state index contributed by atoms with van der Waals surface area (Å²) < 4.78 is 0. The maximum absolute atomic E-state index is 12.0. The van der Waals surface area contributed by atoms with Crippen molar-refractivity contribution in [3.8, 4) is 0 Å². The van der Waals surface area contributed by atoms with Crippen molar-refractivity contribution in [1.82, 2.24) is 10.2 Å². The van der Waals surface area contributed by atoms with E-state index in [-0.39, 0.29) is 18.6 Å². The second kappa shape index (κ2) is 6.95. The Morgan fingerprint density at radius 1 is 1.25 bits per heavy atom. The summed E-state index contributed by atoms with van der Waals surface area (Å²) >= 11 is 0. The van der Waals surface area contributed by atoms with Crippen LogP contribution >= 0.6 is 0 Å². The van der Waals surface area contributed by atoms with Gasteiger partial charge in [0.05, 0.1) is 0 Å². The van der Waals surface area contributed by atoms with Crippen LogP contribution in [-0.2, 0) is 4.79 Å². The molecule has 0 aliphatic heterocycles. The Bertz CT molecular complexity index is 355. The summed E-state index contributed by atoms with van der Waals surface area (Å²) in [5.74, 6) is 0.584. The van der Waals surface area contributed by atoms with Crippen LogP contribution in [0.3, 0.4) is 0 Å². The van der Waals surface area contributed by atoms with Crippen molar-refractivity contribution in [2.75, 3.05) is 13.1 Å². The van der Waals surface area contributed by atoms with Gasteiger partial charge in [-0.05, 0) is 37.5 Å². The molecule has 2 aliphatic rings. The first-order valence-corrected chi connectivity index (χ1v) is 7.82. The van der Waals surface area contributed by atoms with E-state index in [2.05, 4.69) is 12.2 Å². The van der Waals surface area contributed by atoms with Gasteiger partial charge in [-0.25, -0.2) is 4.79 Å². The molecule has 0 spiro atoms. The maximum Gasteiger partial charge on any atom is 0.323 e. The van der Waals surface area contributed by atoms with Gasteiger partial charge >= 0.3 is 12.0 Å². The van der Waals surface area contributed by atoms with Crippen molar-refractivity contribution >= 4 is 12.0 Å². The summed E-state index contributed by atoms with van der Waals surface area (Å²) in [6.45, 7) is 2.78. The predicted octanol–water partition coefficient (Wildman–Crippen LogP) is 2.46. The van der Waals surface area contributed by atoms with Crippen molar-refractivity contribution in [3.05, 3.63) is 0 Å². The molecule has 2 aliphatic carbocycles. The molecule has 0 aromatic carbocycles.